The molecule has 4 heteroatoms. The highest BCUT2D eigenvalue weighted by molar-refractivity contribution is 6.30. The normalized spacial score (nSPS) is 17.7. The minimum Gasteiger partial charge on any atom is -0.466 e. The molecule has 0 saturated carbocycles. The number of rotatable bonds is 2. The van der Waals surface area contributed by atoms with Gasteiger partial charge in [-0.25, -0.2) is 0 Å². The summed E-state index contributed by atoms with van der Waals surface area (Å²) in [4.78, 5) is 12.6. The van der Waals surface area contributed by atoms with Gasteiger partial charge in [-0.15, -0.1) is 0 Å². The highest BCUT2D eigenvalue weighted by Gasteiger charge is 2.28. The monoisotopic (exact) mass is 329 g/mol. The molecule has 0 amide bonds. The lowest BCUT2D eigenvalue weighted by Gasteiger charge is -2.35. The number of hydrogen-bond acceptors (Lipinski definition) is 3. The van der Waals surface area contributed by atoms with Gasteiger partial charge in [0.2, 0.25) is 0 Å². The molecule has 0 spiro atoms. The predicted octanol–water partition coefficient (Wildman–Crippen LogP) is 4.70. The summed E-state index contributed by atoms with van der Waals surface area (Å²) in [6, 6.07) is 7.58. The third-order valence-corrected chi connectivity index (χ3v) is 4.28. The van der Waals surface area contributed by atoms with Crippen molar-refractivity contribution in [3.05, 3.63) is 63.6 Å². The van der Waals surface area contributed by atoms with Crippen LogP contribution in [-0.4, -0.2) is 11.3 Å². The summed E-state index contributed by atoms with van der Waals surface area (Å²) in [6.07, 6.45) is 2.52. The first-order valence-electron chi connectivity index (χ1n) is 7.65. The molecule has 0 saturated heterocycles. The summed E-state index contributed by atoms with van der Waals surface area (Å²) < 4.78 is 5.46. The average molecular weight is 330 g/mol. The number of hydrogen-bond donors (Lipinski definition) is 1. The van der Waals surface area contributed by atoms with Crippen molar-refractivity contribution in [1.29, 1.82) is 0 Å². The minimum atomic E-state index is -0.134. The standard InChI is InChI=1S/C19H20ClNO2/c1-11-7-16(12(2)23-11)18(22)9-17-15-6-5-14(20)8-13(15)10-19(3,4)21-17/h5-9,21H,10H2,1-4H3/b17-9-. The summed E-state index contributed by atoms with van der Waals surface area (Å²) in [5.74, 6) is 1.34. The van der Waals surface area contributed by atoms with Gasteiger partial charge in [0, 0.05) is 27.9 Å². The Balaban J connectivity index is 2.05. The number of carbonyl (C=O) groups excluding carboxylic acids is 1. The Hall–Kier alpha value is -2.00. The molecule has 0 fully saturated rings. The first kappa shape index (κ1) is 15.9. The van der Waals surface area contributed by atoms with Crippen LogP contribution >= 0.6 is 11.6 Å². The maximum atomic E-state index is 12.6. The molecule has 0 unspecified atom stereocenters. The van der Waals surface area contributed by atoms with E-state index in [1.807, 2.05) is 32.0 Å². The second-order valence-corrected chi connectivity index (χ2v) is 7.17. The highest BCUT2D eigenvalue weighted by Crippen LogP contribution is 2.32. The third-order valence-electron chi connectivity index (χ3n) is 4.04. The molecule has 1 aromatic carbocycles. The lowest BCUT2D eigenvalue weighted by Crippen LogP contribution is -2.43. The number of allylic oxidation sites excluding steroid dienone is 1. The summed E-state index contributed by atoms with van der Waals surface area (Å²) in [5, 5.41) is 4.18. The lowest BCUT2D eigenvalue weighted by molar-refractivity contribution is 0.104. The van der Waals surface area contributed by atoms with Crippen LogP contribution in [0.5, 0.6) is 0 Å². The molecule has 2 heterocycles. The molecule has 0 radical (unpaired) electrons. The van der Waals surface area contributed by atoms with E-state index in [9.17, 15) is 4.79 Å². The number of aryl methyl sites for hydroxylation is 2. The van der Waals surface area contributed by atoms with E-state index < -0.39 is 0 Å². The Labute approximate surface area is 141 Å². The molecule has 3 nitrogen and oxygen atoms in total. The smallest absolute Gasteiger partial charge is 0.191 e. The van der Waals surface area contributed by atoms with E-state index >= 15 is 0 Å². The second kappa shape index (κ2) is 5.57. The molecular weight excluding hydrogens is 310 g/mol. The third kappa shape index (κ3) is 3.20. The van der Waals surface area contributed by atoms with Crippen LogP contribution in [0.1, 0.15) is 46.9 Å². The average Bonchev–Trinajstić information content (AvgIpc) is 2.75. The molecule has 0 bridgehead atoms. The Bertz CT molecular complexity index is 815. The largest absolute Gasteiger partial charge is 0.466 e. The second-order valence-electron chi connectivity index (χ2n) is 6.74. The zero-order valence-corrected chi connectivity index (χ0v) is 14.5. The Morgan fingerprint density at radius 3 is 2.70 bits per heavy atom. The summed E-state index contributed by atoms with van der Waals surface area (Å²) in [5.41, 5.74) is 3.48. The maximum absolute atomic E-state index is 12.6. The number of fused-ring (bicyclic) bond motifs is 1. The molecule has 0 atom stereocenters. The molecule has 1 aliphatic heterocycles. The predicted molar refractivity (Wildman–Crippen MR) is 92.9 cm³/mol. The molecule has 1 aromatic heterocycles. The van der Waals surface area contributed by atoms with E-state index in [1.54, 1.807) is 12.1 Å². The van der Waals surface area contributed by atoms with Crippen LogP contribution in [0.25, 0.3) is 5.70 Å². The van der Waals surface area contributed by atoms with Gasteiger partial charge in [-0.1, -0.05) is 17.7 Å². The fraction of sp³-hybridized carbons (Fsp3) is 0.316. The Morgan fingerprint density at radius 2 is 2.04 bits per heavy atom. The highest BCUT2D eigenvalue weighted by atomic mass is 35.5. The van der Waals surface area contributed by atoms with Gasteiger partial charge in [0.25, 0.3) is 0 Å². The zero-order valence-electron chi connectivity index (χ0n) is 13.8. The van der Waals surface area contributed by atoms with Gasteiger partial charge in [-0.2, -0.15) is 0 Å². The number of carbonyl (C=O) groups is 1. The molecular formula is C19H20ClNO2. The van der Waals surface area contributed by atoms with Gasteiger partial charge in [0.05, 0.1) is 5.56 Å². The van der Waals surface area contributed by atoms with Crippen molar-refractivity contribution in [2.45, 2.75) is 39.7 Å². The van der Waals surface area contributed by atoms with Gasteiger partial charge in [0.15, 0.2) is 5.78 Å². The first-order valence-corrected chi connectivity index (χ1v) is 8.03. The van der Waals surface area contributed by atoms with Gasteiger partial charge in [-0.05, 0) is 57.9 Å². The molecule has 1 N–H and O–H groups in total. The lowest BCUT2D eigenvalue weighted by atomic mass is 9.85. The van der Waals surface area contributed by atoms with Crippen LogP contribution in [0.15, 0.2) is 34.8 Å². The van der Waals surface area contributed by atoms with Crippen LogP contribution in [0.2, 0.25) is 5.02 Å². The Morgan fingerprint density at radius 1 is 1.30 bits per heavy atom. The molecule has 120 valence electrons. The van der Waals surface area contributed by atoms with Crippen molar-refractivity contribution in [3.63, 3.8) is 0 Å². The SMILES string of the molecule is Cc1cc(C(=O)/C=C2\NC(C)(C)Cc3cc(Cl)ccc32)c(C)o1. The maximum Gasteiger partial charge on any atom is 0.191 e. The summed E-state index contributed by atoms with van der Waals surface area (Å²) >= 11 is 6.12. The molecule has 0 aliphatic carbocycles. The summed E-state index contributed by atoms with van der Waals surface area (Å²) in [7, 11) is 0. The van der Waals surface area contributed by atoms with Crippen molar-refractivity contribution in [2.24, 2.45) is 0 Å². The van der Waals surface area contributed by atoms with E-state index in [2.05, 4.69) is 19.2 Å². The van der Waals surface area contributed by atoms with Crippen molar-refractivity contribution in [1.82, 2.24) is 5.32 Å². The topological polar surface area (TPSA) is 42.2 Å². The van der Waals surface area contributed by atoms with E-state index in [4.69, 9.17) is 16.0 Å². The van der Waals surface area contributed by atoms with Crippen molar-refractivity contribution in [2.75, 3.05) is 0 Å². The number of benzene rings is 1. The molecule has 23 heavy (non-hydrogen) atoms. The van der Waals surface area contributed by atoms with Crippen molar-refractivity contribution < 1.29 is 9.21 Å². The van der Waals surface area contributed by atoms with Gasteiger partial charge >= 0.3 is 0 Å². The van der Waals surface area contributed by atoms with E-state index in [0.717, 1.165) is 29.0 Å². The first-order chi connectivity index (χ1) is 10.7. The van der Waals surface area contributed by atoms with Crippen molar-refractivity contribution in [3.8, 4) is 0 Å². The fourth-order valence-electron chi connectivity index (χ4n) is 3.12. The molecule has 2 aromatic rings. The van der Waals surface area contributed by atoms with Crippen LogP contribution in [0.4, 0.5) is 0 Å². The van der Waals surface area contributed by atoms with Gasteiger partial charge < -0.3 is 9.73 Å². The summed E-state index contributed by atoms with van der Waals surface area (Å²) in [6.45, 7) is 7.88. The number of halogens is 1. The van der Waals surface area contributed by atoms with Crippen LogP contribution in [-0.2, 0) is 6.42 Å². The van der Waals surface area contributed by atoms with Gasteiger partial charge in [-0.3, -0.25) is 4.79 Å². The zero-order chi connectivity index (χ0) is 16.8. The van der Waals surface area contributed by atoms with Crippen LogP contribution < -0.4 is 5.32 Å². The minimum absolute atomic E-state index is 0.0551. The molecule has 3 rings (SSSR count). The van der Waals surface area contributed by atoms with E-state index in [0.29, 0.717) is 16.3 Å². The van der Waals surface area contributed by atoms with E-state index in [1.165, 1.54) is 0 Å². The molecule has 1 aliphatic rings. The number of ketones is 1. The van der Waals surface area contributed by atoms with Crippen molar-refractivity contribution >= 4 is 23.1 Å². The number of nitrogens with one attached hydrogen (secondary N) is 1. The Kier molecular flexibility index (Phi) is 3.85. The van der Waals surface area contributed by atoms with E-state index in [-0.39, 0.29) is 11.3 Å². The quantitative estimate of drug-likeness (QED) is 0.641. The van der Waals surface area contributed by atoms with Crippen LogP contribution in [0.3, 0.4) is 0 Å². The fourth-order valence-corrected chi connectivity index (χ4v) is 3.32. The van der Waals surface area contributed by atoms with Crippen LogP contribution in [0, 0.1) is 13.8 Å². The number of furan rings is 1. The van der Waals surface area contributed by atoms with Gasteiger partial charge in [0.1, 0.15) is 11.5 Å².